The van der Waals surface area contributed by atoms with E-state index in [4.69, 9.17) is 9.47 Å². The van der Waals surface area contributed by atoms with Gasteiger partial charge < -0.3 is 19.7 Å². The number of hydrogen-bond acceptors (Lipinski definition) is 5. The third-order valence-corrected chi connectivity index (χ3v) is 8.95. The number of nitrogens with zero attached hydrogens (tertiary/aromatic N) is 1. The lowest BCUT2D eigenvalue weighted by molar-refractivity contribution is 0.00132. The van der Waals surface area contributed by atoms with E-state index in [9.17, 15) is 9.00 Å². The first-order chi connectivity index (χ1) is 17.2. The topological polar surface area (TPSA) is 79.9 Å². The summed E-state index contributed by atoms with van der Waals surface area (Å²) in [5.41, 5.74) is 2.04. The number of ether oxygens (including phenoxy) is 2. The molecule has 2 heterocycles. The van der Waals surface area contributed by atoms with Gasteiger partial charge in [-0.3, -0.25) is 0 Å². The molecule has 7 nitrogen and oxygen atoms in total. The van der Waals surface area contributed by atoms with Gasteiger partial charge in [0.25, 0.3) is 0 Å². The Bertz CT molecular complexity index is 1030. The van der Waals surface area contributed by atoms with Crippen molar-refractivity contribution >= 4 is 17.1 Å². The van der Waals surface area contributed by atoms with Crippen LogP contribution < -0.4 is 14.8 Å². The summed E-state index contributed by atoms with van der Waals surface area (Å²) in [6, 6.07) is 17.7. The molecule has 0 aliphatic carbocycles. The van der Waals surface area contributed by atoms with Crippen LogP contribution in [0.2, 0.25) is 0 Å². The Kier molecular flexibility index (Phi) is 8.50. The van der Waals surface area contributed by atoms with Gasteiger partial charge in [-0.25, -0.2) is 13.7 Å². The minimum absolute atomic E-state index is 0.0431. The van der Waals surface area contributed by atoms with Crippen LogP contribution in [0.15, 0.2) is 54.6 Å². The molecule has 2 aliphatic heterocycles. The molecule has 0 aromatic heterocycles. The molecule has 2 aromatic carbocycles. The van der Waals surface area contributed by atoms with Crippen molar-refractivity contribution in [3.63, 3.8) is 0 Å². The second kappa shape index (κ2) is 11.4. The fraction of sp³-hybridized carbons (Fsp3) is 0.536. The minimum atomic E-state index is -1.15. The second-order valence-electron chi connectivity index (χ2n) is 10.7. The Morgan fingerprint density at radius 3 is 2.44 bits per heavy atom. The number of nitrogens with one attached hydrogen (secondary N) is 2. The van der Waals surface area contributed by atoms with Gasteiger partial charge in [0, 0.05) is 44.3 Å². The lowest BCUT2D eigenvalue weighted by atomic mass is 9.67. The van der Waals surface area contributed by atoms with Crippen LogP contribution in [-0.2, 0) is 21.1 Å². The van der Waals surface area contributed by atoms with Crippen LogP contribution in [0.3, 0.4) is 0 Å². The van der Waals surface area contributed by atoms with E-state index in [0.29, 0.717) is 32.1 Å². The van der Waals surface area contributed by atoms with Crippen LogP contribution in [0.4, 0.5) is 4.79 Å². The number of para-hydroxylation sites is 1. The van der Waals surface area contributed by atoms with Crippen LogP contribution in [0, 0.1) is 0 Å². The Hall–Kier alpha value is -2.26. The van der Waals surface area contributed by atoms with Crippen LogP contribution in [0.1, 0.15) is 57.7 Å². The number of piperazine rings is 1. The molecule has 1 amide bonds. The number of rotatable bonds is 6. The van der Waals surface area contributed by atoms with Gasteiger partial charge in [0.05, 0.1) is 21.8 Å². The maximum atomic E-state index is 13.3. The largest absolute Gasteiger partial charge is 0.415 e. The van der Waals surface area contributed by atoms with E-state index in [1.807, 2.05) is 50.8 Å². The van der Waals surface area contributed by atoms with Gasteiger partial charge >= 0.3 is 6.09 Å². The molecule has 196 valence electrons. The molecule has 0 bridgehead atoms. The fourth-order valence-corrected chi connectivity index (χ4v) is 5.93. The molecule has 3 atom stereocenters. The number of benzene rings is 2. The zero-order valence-corrected chi connectivity index (χ0v) is 22.6. The van der Waals surface area contributed by atoms with Crippen molar-refractivity contribution in [1.29, 1.82) is 0 Å². The van der Waals surface area contributed by atoms with Crippen LogP contribution >= 0.6 is 0 Å². The van der Waals surface area contributed by atoms with Gasteiger partial charge in [0.1, 0.15) is 5.75 Å². The van der Waals surface area contributed by atoms with Crippen molar-refractivity contribution in [2.24, 2.45) is 0 Å². The Morgan fingerprint density at radius 1 is 1.14 bits per heavy atom. The predicted molar refractivity (Wildman–Crippen MR) is 143 cm³/mol. The van der Waals surface area contributed by atoms with Gasteiger partial charge in [-0.1, -0.05) is 42.5 Å². The van der Waals surface area contributed by atoms with E-state index in [1.165, 1.54) is 5.56 Å². The SMILES string of the molecule is C[C@@H](N[S@](=O)C(C)(C)C)c1ccc(C2(C3CNCCN3C(=O)Oc3ccccc3)CCOCC2)cc1. The average Bonchev–Trinajstić information content (AvgIpc) is 2.89. The van der Waals surface area contributed by atoms with E-state index >= 15 is 0 Å². The first kappa shape index (κ1) is 26.8. The molecule has 2 aromatic rings. The minimum Gasteiger partial charge on any atom is -0.410 e. The van der Waals surface area contributed by atoms with Crippen LogP contribution in [0.25, 0.3) is 0 Å². The highest BCUT2D eigenvalue weighted by Gasteiger charge is 2.47. The Balaban J connectivity index is 1.58. The summed E-state index contributed by atoms with van der Waals surface area (Å²) in [5.74, 6) is 0.555. The molecule has 36 heavy (non-hydrogen) atoms. The molecule has 2 fully saturated rings. The van der Waals surface area contributed by atoms with Crippen LogP contribution in [-0.4, -0.2) is 58.8 Å². The van der Waals surface area contributed by atoms with Gasteiger partial charge in [-0.05, 0) is 63.8 Å². The molecular weight excluding hydrogens is 474 g/mol. The van der Waals surface area contributed by atoms with Gasteiger partial charge in [-0.2, -0.15) is 0 Å². The summed E-state index contributed by atoms with van der Waals surface area (Å²) in [4.78, 5) is 15.2. The highest BCUT2D eigenvalue weighted by Crippen LogP contribution is 2.41. The summed E-state index contributed by atoms with van der Waals surface area (Å²) in [7, 11) is -1.15. The van der Waals surface area contributed by atoms with Crippen molar-refractivity contribution < 1.29 is 18.5 Å². The van der Waals surface area contributed by atoms with Crippen molar-refractivity contribution in [3.8, 4) is 5.75 Å². The molecular formula is C28H39N3O4S. The third kappa shape index (κ3) is 5.99. The normalized spacial score (nSPS) is 22.0. The highest BCUT2D eigenvalue weighted by molar-refractivity contribution is 7.84. The Labute approximate surface area is 217 Å². The highest BCUT2D eigenvalue weighted by atomic mass is 32.2. The van der Waals surface area contributed by atoms with Crippen molar-refractivity contribution in [2.45, 2.75) is 62.8 Å². The van der Waals surface area contributed by atoms with E-state index in [2.05, 4.69) is 34.3 Å². The maximum Gasteiger partial charge on any atom is 0.415 e. The van der Waals surface area contributed by atoms with Gasteiger partial charge in [0.15, 0.2) is 0 Å². The lowest BCUT2D eigenvalue weighted by Gasteiger charge is -2.50. The van der Waals surface area contributed by atoms with E-state index in [1.54, 1.807) is 12.1 Å². The summed E-state index contributed by atoms with van der Waals surface area (Å²) < 4.78 is 27.0. The lowest BCUT2D eigenvalue weighted by Crippen LogP contribution is -2.63. The molecule has 2 aliphatic rings. The van der Waals surface area contributed by atoms with E-state index < -0.39 is 11.0 Å². The second-order valence-corrected chi connectivity index (χ2v) is 12.7. The van der Waals surface area contributed by atoms with Crippen molar-refractivity contribution in [2.75, 3.05) is 32.8 Å². The molecule has 1 unspecified atom stereocenters. The number of amides is 1. The zero-order chi connectivity index (χ0) is 25.8. The third-order valence-electron chi connectivity index (χ3n) is 7.27. The number of carbonyl (C=O) groups is 1. The first-order valence-corrected chi connectivity index (χ1v) is 14.0. The molecule has 8 heteroatoms. The quantitative estimate of drug-likeness (QED) is 0.601. The summed E-state index contributed by atoms with van der Waals surface area (Å²) >= 11 is 0. The molecule has 0 spiro atoms. The average molecular weight is 514 g/mol. The Morgan fingerprint density at radius 2 is 1.81 bits per heavy atom. The smallest absolute Gasteiger partial charge is 0.410 e. The van der Waals surface area contributed by atoms with Gasteiger partial charge in [-0.15, -0.1) is 0 Å². The summed E-state index contributed by atoms with van der Waals surface area (Å²) in [6.07, 6.45) is 1.35. The number of carbonyl (C=O) groups excluding carboxylic acids is 1. The van der Waals surface area contributed by atoms with E-state index in [-0.39, 0.29) is 28.3 Å². The monoisotopic (exact) mass is 513 g/mol. The molecule has 0 radical (unpaired) electrons. The standard InChI is InChI=1S/C28H39N3O4S/c1-21(30-36(33)27(2,3)4)22-10-12-23(13-11-22)28(14-18-34-19-15-28)25-20-29-16-17-31(25)26(32)35-24-8-6-5-7-9-24/h5-13,21,25,29-30H,14-20H2,1-4H3/t21-,25?,36-/m1/s1. The fourth-order valence-electron chi connectivity index (χ4n) is 5.12. The van der Waals surface area contributed by atoms with Crippen molar-refractivity contribution in [1.82, 2.24) is 14.9 Å². The summed E-state index contributed by atoms with van der Waals surface area (Å²) in [5, 5.41) is 3.51. The predicted octanol–water partition coefficient (Wildman–Crippen LogP) is 4.32. The van der Waals surface area contributed by atoms with Crippen LogP contribution in [0.5, 0.6) is 5.75 Å². The molecule has 2 saturated heterocycles. The maximum absolute atomic E-state index is 13.3. The van der Waals surface area contributed by atoms with Gasteiger partial charge in [0.2, 0.25) is 0 Å². The van der Waals surface area contributed by atoms with E-state index in [0.717, 1.165) is 24.9 Å². The van der Waals surface area contributed by atoms with Crippen molar-refractivity contribution in [3.05, 3.63) is 65.7 Å². The zero-order valence-electron chi connectivity index (χ0n) is 21.8. The number of hydrogen-bond donors (Lipinski definition) is 2. The summed E-state index contributed by atoms with van der Waals surface area (Å²) in [6.45, 7) is 11.3. The molecule has 4 rings (SSSR count). The first-order valence-electron chi connectivity index (χ1n) is 12.8. The molecule has 2 N–H and O–H groups in total. The molecule has 0 saturated carbocycles.